The molecule has 2 aromatic rings. The molecule has 0 spiro atoms. The number of aryl methyl sites for hydroxylation is 1. The van der Waals surface area contributed by atoms with Crippen LogP contribution in [0.5, 0.6) is 0 Å². The van der Waals surface area contributed by atoms with Crippen LogP contribution in [-0.4, -0.2) is 58.4 Å². The van der Waals surface area contributed by atoms with Gasteiger partial charge >= 0.3 is 6.03 Å². The van der Waals surface area contributed by atoms with Crippen LogP contribution in [0.25, 0.3) is 6.08 Å². The van der Waals surface area contributed by atoms with Gasteiger partial charge in [0, 0.05) is 24.4 Å². The summed E-state index contributed by atoms with van der Waals surface area (Å²) in [6.07, 6.45) is 8.85. The van der Waals surface area contributed by atoms with Gasteiger partial charge < -0.3 is 9.73 Å². The van der Waals surface area contributed by atoms with Crippen molar-refractivity contribution in [1.82, 2.24) is 20.1 Å². The molecule has 166 valence electrons. The molecule has 1 atom stereocenters. The lowest BCUT2D eigenvalue weighted by molar-refractivity contribution is -0.134. The summed E-state index contributed by atoms with van der Waals surface area (Å²) in [7, 11) is 0. The third-order valence-electron chi connectivity index (χ3n) is 6.64. The quantitative estimate of drug-likeness (QED) is 0.631. The summed E-state index contributed by atoms with van der Waals surface area (Å²) in [5.41, 5.74) is 2.02. The smallest absolute Gasteiger partial charge is 0.325 e. The number of aromatic nitrogens is 1. The molecule has 2 fully saturated rings. The third-order valence-corrected chi connectivity index (χ3v) is 7.64. The van der Waals surface area contributed by atoms with Crippen molar-refractivity contribution in [2.45, 2.75) is 45.1 Å². The highest BCUT2D eigenvalue weighted by molar-refractivity contribution is 7.09. The number of piperidine rings is 1. The van der Waals surface area contributed by atoms with Crippen LogP contribution >= 0.6 is 11.3 Å². The zero-order valence-electron chi connectivity index (χ0n) is 18.2. The molecular formula is C23H30N4O3S. The molecule has 0 aromatic carbocycles. The zero-order valence-corrected chi connectivity index (χ0v) is 19.0. The van der Waals surface area contributed by atoms with Crippen molar-refractivity contribution in [2.75, 3.05) is 26.2 Å². The summed E-state index contributed by atoms with van der Waals surface area (Å²) >= 11 is 1.58. The Labute approximate surface area is 187 Å². The van der Waals surface area contributed by atoms with Crippen LogP contribution in [0.2, 0.25) is 0 Å². The molecule has 4 rings (SSSR count). The van der Waals surface area contributed by atoms with E-state index in [0.29, 0.717) is 19.4 Å². The molecule has 0 radical (unpaired) electrons. The Morgan fingerprint density at radius 3 is 2.81 bits per heavy atom. The first-order valence-electron chi connectivity index (χ1n) is 11.0. The second-order valence-electron chi connectivity index (χ2n) is 8.32. The largest absolute Gasteiger partial charge is 0.465 e. The van der Waals surface area contributed by atoms with Gasteiger partial charge in [-0.2, -0.15) is 0 Å². The van der Waals surface area contributed by atoms with Gasteiger partial charge in [0.05, 0.1) is 17.5 Å². The second-order valence-corrected chi connectivity index (χ2v) is 9.25. The van der Waals surface area contributed by atoms with Gasteiger partial charge in [-0.15, -0.1) is 11.3 Å². The Morgan fingerprint density at radius 1 is 1.35 bits per heavy atom. The number of hydrogen-bond donors (Lipinski definition) is 1. The standard InChI is InChI=1S/C23H30N4O3S/c1-3-23(18-8-12-26(13-9-18)11-4-6-19-7-5-15-30-19)21(28)27(22(29)25-23)14-10-20-17(2)24-16-31-20/h4-7,15-16,18H,3,8-14H2,1-2H3,(H,25,29)/b6-4+/t23-/m0/s1. The molecule has 0 unspecified atom stereocenters. The average molecular weight is 443 g/mol. The van der Waals surface area contributed by atoms with Gasteiger partial charge in [0.15, 0.2) is 0 Å². The minimum atomic E-state index is -0.768. The number of likely N-dealkylation sites (tertiary alicyclic amines) is 1. The van der Waals surface area contributed by atoms with Crippen LogP contribution < -0.4 is 5.32 Å². The molecule has 3 amide bonds. The maximum atomic E-state index is 13.4. The molecule has 0 aliphatic carbocycles. The summed E-state index contributed by atoms with van der Waals surface area (Å²) in [6.45, 7) is 7.06. The zero-order chi connectivity index (χ0) is 21.8. The maximum Gasteiger partial charge on any atom is 0.325 e. The molecule has 8 heteroatoms. The van der Waals surface area contributed by atoms with E-state index in [9.17, 15) is 9.59 Å². The molecule has 2 aliphatic rings. The number of amides is 3. The summed E-state index contributed by atoms with van der Waals surface area (Å²) < 4.78 is 5.33. The van der Waals surface area contributed by atoms with Crippen LogP contribution in [0.15, 0.2) is 34.4 Å². The van der Waals surface area contributed by atoms with Gasteiger partial charge in [-0.25, -0.2) is 9.78 Å². The number of hydrogen-bond acceptors (Lipinski definition) is 6. The average Bonchev–Trinajstić information content (AvgIpc) is 3.49. The predicted octanol–water partition coefficient (Wildman–Crippen LogP) is 3.71. The van der Waals surface area contributed by atoms with E-state index >= 15 is 0 Å². The number of rotatable bonds is 8. The highest BCUT2D eigenvalue weighted by Crippen LogP contribution is 2.36. The van der Waals surface area contributed by atoms with Crippen molar-refractivity contribution in [3.8, 4) is 0 Å². The first kappa shape index (κ1) is 21.8. The first-order chi connectivity index (χ1) is 15.0. The van der Waals surface area contributed by atoms with E-state index in [1.807, 2.05) is 37.6 Å². The van der Waals surface area contributed by atoms with Gasteiger partial charge in [-0.05, 0) is 63.4 Å². The van der Waals surface area contributed by atoms with E-state index in [4.69, 9.17) is 4.42 Å². The SMILES string of the molecule is CC[C@@]1(C2CCN(C/C=C/c3ccco3)CC2)NC(=O)N(CCc2scnc2C)C1=O. The van der Waals surface area contributed by atoms with Crippen LogP contribution in [-0.2, 0) is 11.2 Å². The Morgan fingerprint density at radius 2 is 2.16 bits per heavy atom. The van der Waals surface area contributed by atoms with Crippen molar-refractivity contribution in [3.05, 3.63) is 46.3 Å². The van der Waals surface area contributed by atoms with Crippen LogP contribution in [0.1, 0.15) is 42.5 Å². The number of carbonyl (C=O) groups is 2. The molecule has 0 bridgehead atoms. The first-order valence-corrected chi connectivity index (χ1v) is 11.9. The fraction of sp³-hybridized carbons (Fsp3) is 0.522. The Balaban J connectivity index is 1.34. The number of nitrogens with zero attached hydrogens (tertiary/aromatic N) is 3. The lowest BCUT2D eigenvalue weighted by Crippen LogP contribution is -2.55. The van der Waals surface area contributed by atoms with Crippen molar-refractivity contribution >= 4 is 29.4 Å². The van der Waals surface area contributed by atoms with Crippen molar-refractivity contribution in [1.29, 1.82) is 0 Å². The Hall–Kier alpha value is -2.45. The number of imide groups is 1. The van der Waals surface area contributed by atoms with Crippen LogP contribution in [0, 0.1) is 12.8 Å². The van der Waals surface area contributed by atoms with Gasteiger partial charge in [0.1, 0.15) is 11.3 Å². The number of thiazole rings is 1. The monoisotopic (exact) mass is 442 g/mol. The van der Waals surface area contributed by atoms with Crippen molar-refractivity contribution in [3.63, 3.8) is 0 Å². The van der Waals surface area contributed by atoms with Crippen LogP contribution in [0.4, 0.5) is 4.79 Å². The highest BCUT2D eigenvalue weighted by atomic mass is 32.1. The number of urea groups is 1. The summed E-state index contributed by atoms with van der Waals surface area (Å²) in [5.74, 6) is 0.959. The number of furan rings is 1. The van der Waals surface area contributed by atoms with E-state index in [1.54, 1.807) is 17.6 Å². The maximum absolute atomic E-state index is 13.4. The van der Waals surface area contributed by atoms with Gasteiger partial charge in [0.25, 0.3) is 5.91 Å². The molecular weight excluding hydrogens is 412 g/mol. The molecule has 4 heterocycles. The highest BCUT2D eigenvalue weighted by Gasteiger charge is 2.54. The topological polar surface area (TPSA) is 78.7 Å². The van der Waals surface area contributed by atoms with Gasteiger partial charge in [-0.3, -0.25) is 14.6 Å². The molecule has 7 nitrogen and oxygen atoms in total. The molecule has 2 aromatic heterocycles. The minimum Gasteiger partial charge on any atom is -0.465 e. The molecule has 0 saturated carbocycles. The minimum absolute atomic E-state index is 0.0571. The molecule has 2 saturated heterocycles. The lowest BCUT2D eigenvalue weighted by atomic mass is 9.75. The third kappa shape index (κ3) is 4.45. The molecule has 2 aliphatic heterocycles. The lowest BCUT2D eigenvalue weighted by Gasteiger charge is -2.40. The summed E-state index contributed by atoms with van der Waals surface area (Å²) in [6, 6.07) is 3.56. The second kappa shape index (κ2) is 9.36. The normalized spacial score (nSPS) is 23.2. The fourth-order valence-electron chi connectivity index (χ4n) is 4.74. The number of nitrogens with one attached hydrogen (secondary N) is 1. The predicted molar refractivity (Wildman–Crippen MR) is 121 cm³/mol. The molecule has 31 heavy (non-hydrogen) atoms. The number of carbonyl (C=O) groups excluding carboxylic acids is 2. The summed E-state index contributed by atoms with van der Waals surface area (Å²) in [5, 5.41) is 3.09. The van der Waals surface area contributed by atoms with E-state index < -0.39 is 5.54 Å². The van der Waals surface area contributed by atoms with Crippen molar-refractivity contribution in [2.24, 2.45) is 5.92 Å². The Kier molecular flexibility index (Phi) is 6.57. The molecule has 1 N–H and O–H groups in total. The summed E-state index contributed by atoms with van der Waals surface area (Å²) in [4.78, 5) is 35.3. The van der Waals surface area contributed by atoms with E-state index in [2.05, 4.69) is 21.3 Å². The van der Waals surface area contributed by atoms with E-state index in [0.717, 1.165) is 48.8 Å². The van der Waals surface area contributed by atoms with Crippen molar-refractivity contribution < 1.29 is 14.0 Å². The fourth-order valence-corrected chi connectivity index (χ4v) is 5.52. The van der Waals surface area contributed by atoms with Gasteiger partial charge in [-0.1, -0.05) is 13.0 Å². The van der Waals surface area contributed by atoms with Gasteiger partial charge in [0.2, 0.25) is 0 Å². The Bertz CT molecular complexity index is 931. The van der Waals surface area contributed by atoms with E-state index in [1.165, 1.54) is 4.90 Å². The van der Waals surface area contributed by atoms with Crippen LogP contribution in [0.3, 0.4) is 0 Å². The van der Waals surface area contributed by atoms with E-state index in [-0.39, 0.29) is 17.9 Å².